The molecule has 1 aromatic heterocycles. The van der Waals surface area contributed by atoms with Gasteiger partial charge in [0.25, 0.3) is 0 Å². The molecule has 0 aliphatic heterocycles. The molecule has 0 bridgehead atoms. The summed E-state index contributed by atoms with van der Waals surface area (Å²) in [5.41, 5.74) is 2.47. The van der Waals surface area contributed by atoms with Crippen molar-refractivity contribution in [1.82, 2.24) is 15.3 Å². The molecule has 0 radical (unpaired) electrons. The average molecular weight is 532 g/mol. The molecule has 0 spiro atoms. The van der Waals surface area contributed by atoms with E-state index in [0.29, 0.717) is 35.9 Å². The summed E-state index contributed by atoms with van der Waals surface area (Å²) >= 11 is 0. The Bertz CT molecular complexity index is 1280. The Hall–Kier alpha value is -3.38. The molecule has 2 unspecified atom stereocenters. The zero-order chi connectivity index (χ0) is 26.2. The molecule has 37 heavy (non-hydrogen) atoms. The van der Waals surface area contributed by atoms with Crippen LogP contribution in [0.2, 0.25) is 0 Å². The van der Waals surface area contributed by atoms with Gasteiger partial charge in [-0.1, -0.05) is 25.1 Å². The Kier molecular flexibility index (Phi) is 11.1. The molecular weight excluding hydrogens is 497 g/mol. The van der Waals surface area contributed by atoms with Gasteiger partial charge in [0.15, 0.2) is 0 Å². The zero-order valence-electron chi connectivity index (χ0n) is 21.2. The van der Waals surface area contributed by atoms with E-state index in [1.807, 2.05) is 6.92 Å². The van der Waals surface area contributed by atoms with Crippen molar-refractivity contribution in [3.05, 3.63) is 77.0 Å². The zero-order valence-corrected chi connectivity index (χ0v) is 22.0. The van der Waals surface area contributed by atoms with Crippen molar-refractivity contribution >= 4 is 22.6 Å². The van der Waals surface area contributed by atoms with Gasteiger partial charge in [0.2, 0.25) is 11.8 Å². The minimum absolute atomic E-state index is 0. The molecule has 9 nitrogen and oxygen atoms in total. The van der Waals surface area contributed by atoms with Crippen molar-refractivity contribution in [2.75, 3.05) is 20.8 Å². The number of benzene rings is 2. The first kappa shape index (κ1) is 29.8. The minimum Gasteiger partial charge on any atom is -0.419 e. The standard InChI is InChI=1S/C26H30FN5O3S.H2O.H2/c1-16(11-12-34-4)36(33)20-8-6-19(7-9-20)23-15-31-17(2)24(32-23)26(29)35-25(28)21-10-5-18(14-30-3)13-22(21)27;;/h5-10,13,15-16,28-30H,11-12,14H2,1-4H3;1H2;1H. The van der Waals surface area contributed by atoms with E-state index in [1.54, 1.807) is 57.6 Å². The number of rotatable bonds is 10. The van der Waals surface area contributed by atoms with Crippen LogP contribution in [-0.4, -0.2) is 57.5 Å². The van der Waals surface area contributed by atoms with Gasteiger partial charge in [0, 0.05) is 37.4 Å². The highest BCUT2D eigenvalue weighted by Gasteiger charge is 2.18. The van der Waals surface area contributed by atoms with Gasteiger partial charge >= 0.3 is 0 Å². The highest BCUT2D eigenvalue weighted by atomic mass is 32.2. The summed E-state index contributed by atoms with van der Waals surface area (Å²) < 4.78 is 37.6. The van der Waals surface area contributed by atoms with E-state index in [4.69, 9.17) is 20.3 Å². The number of halogens is 1. The molecule has 0 amide bonds. The summed E-state index contributed by atoms with van der Waals surface area (Å²) in [7, 11) is 2.21. The number of aryl methyl sites for hydroxylation is 1. The molecule has 1 heterocycles. The van der Waals surface area contributed by atoms with Crippen molar-refractivity contribution in [2.45, 2.75) is 37.0 Å². The predicted molar refractivity (Wildman–Crippen MR) is 144 cm³/mol. The van der Waals surface area contributed by atoms with Crippen LogP contribution >= 0.6 is 0 Å². The Labute approximate surface area is 219 Å². The summed E-state index contributed by atoms with van der Waals surface area (Å²) in [5, 5.41) is 19.4. The van der Waals surface area contributed by atoms with Crippen LogP contribution in [0.1, 0.15) is 37.3 Å². The van der Waals surface area contributed by atoms with Crippen molar-refractivity contribution in [3.63, 3.8) is 0 Å². The molecule has 200 valence electrons. The van der Waals surface area contributed by atoms with Crippen LogP contribution in [0, 0.1) is 23.6 Å². The molecule has 0 saturated heterocycles. The summed E-state index contributed by atoms with van der Waals surface area (Å²) in [5.74, 6) is -1.50. The van der Waals surface area contributed by atoms with Crippen LogP contribution in [-0.2, 0) is 26.8 Å². The lowest BCUT2D eigenvalue weighted by Crippen LogP contribution is -2.17. The largest absolute Gasteiger partial charge is 0.419 e. The van der Waals surface area contributed by atoms with Crippen molar-refractivity contribution in [3.8, 4) is 11.3 Å². The third kappa shape index (κ3) is 7.56. The Balaban J connectivity index is 0.00000361. The fourth-order valence-corrected chi connectivity index (χ4v) is 4.63. The molecule has 2 atom stereocenters. The van der Waals surface area contributed by atoms with Crippen molar-refractivity contribution < 1.29 is 25.0 Å². The smallest absolute Gasteiger partial charge is 0.241 e. The molecule has 0 saturated carbocycles. The first-order valence-corrected chi connectivity index (χ1v) is 12.6. The summed E-state index contributed by atoms with van der Waals surface area (Å²) in [6, 6.07) is 11.6. The molecular formula is C26H34FN5O4S. The second kappa shape index (κ2) is 13.8. The van der Waals surface area contributed by atoms with E-state index in [0.717, 1.165) is 11.1 Å². The summed E-state index contributed by atoms with van der Waals surface area (Å²) in [6.45, 7) is 4.64. The minimum atomic E-state index is -1.17. The normalized spacial score (nSPS) is 12.4. The third-order valence-corrected chi connectivity index (χ3v) is 7.21. The van der Waals surface area contributed by atoms with E-state index < -0.39 is 28.4 Å². The molecule has 0 aliphatic rings. The number of aromatic nitrogens is 2. The predicted octanol–water partition coefficient (Wildman–Crippen LogP) is 3.63. The number of nitrogens with one attached hydrogen (secondary N) is 3. The van der Waals surface area contributed by atoms with Crippen LogP contribution in [0.3, 0.4) is 0 Å². The fraction of sp³-hybridized carbons (Fsp3) is 0.308. The number of methoxy groups -OCH3 is 1. The topological polar surface area (TPSA) is 153 Å². The van der Waals surface area contributed by atoms with Gasteiger partial charge in [-0.2, -0.15) is 0 Å². The second-order valence-electron chi connectivity index (χ2n) is 8.21. The molecule has 3 rings (SSSR count). The van der Waals surface area contributed by atoms with Gasteiger partial charge in [-0.3, -0.25) is 20.0 Å². The maximum absolute atomic E-state index is 14.5. The molecule has 5 N–H and O–H groups in total. The number of hydrogen-bond donors (Lipinski definition) is 3. The summed E-state index contributed by atoms with van der Waals surface area (Å²) in [6.07, 6.45) is 2.27. The monoisotopic (exact) mass is 531 g/mol. The number of nitrogens with zero attached hydrogens (tertiary/aromatic N) is 2. The first-order valence-electron chi connectivity index (χ1n) is 11.4. The van der Waals surface area contributed by atoms with E-state index in [-0.39, 0.29) is 23.4 Å². The van der Waals surface area contributed by atoms with Crippen molar-refractivity contribution in [2.24, 2.45) is 0 Å². The lowest BCUT2D eigenvalue weighted by molar-refractivity contribution is 0.195. The average Bonchev–Trinajstić information content (AvgIpc) is 2.87. The Morgan fingerprint density at radius 3 is 2.51 bits per heavy atom. The Morgan fingerprint density at radius 2 is 1.89 bits per heavy atom. The Morgan fingerprint density at radius 1 is 1.19 bits per heavy atom. The fourth-order valence-electron chi connectivity index (χ4n) is 3.45. The number of ether oxygens (including phenoxy) is 2. The molecule has 0 fully saturated rings. The van der Waals surface area contributed by atoms with E-state index in [2.05, 4.69) is 15.3 Å². The molecule has 0 aliphatic carbocycles. The van der Waals surface area contributed by atoms with Crippen LogP contribution < -0.4 is 5.32 Å². The highest BCUT2D eigenvalue weighted by Crippen LogP contribution is 2.22. The van der Waals surface area contributed by atoms with Gasteiger partial charge in [-0.15, -0.1) is 0 Å². The highest BCUT2D eigenvalue weighted by molar-refractivity contribution is 7.85. The first-order chi connectivity index (χ1) is 17.2. The molecule has 2 aromatic carbocycles. The maximum atomic E-state index is 14.5. The van der Waals surface area contributed by atoms with Crippen LogP contribution in [0.15, 0.2) is 53.6 Å². The van der Waals surface area contributed by atoms with Crippen molar-refractivity contribution in [1.29, 1.82) is 10.8 Å². The molecule has 3 aromatic rings. The van der Waals surface area contributed by atoms with Gasteiger partial charge in [-0.05, 0) is 50.2 Å². The maximum Gasteiger partial charge on any atom is 0.241 e. The lowest BCUT2D eigenvalue weighted by Gasteiger charge is -2.13. The quantitative estimate of drug-likeness (QED) is 0.268. The van der Waals surface area contributed by atoms with E-state index in [9.17, 15) is 8.60 Å². The molecule has 11 heteroatoms. The van der Waals surface area contributed by atoms with Gasteiger partial charge < -0.3 is 20.3 Å². The van der Waals surface area contributed by atoms with Crippen LogP contribution in [0.5, 0.6) is 0 Å². The van der Waals surface area contributed by atoms with E-state index >= 15 is 0 Å². The SMILES string of the molecule is CNCc1ccc(C(=N)OC(=N)c2nc(-c3ccc(S(=O)C(C)CCOC)cc3)cnc2C)c(F)c1.O.[HH]. The van der Waals surface area contributed by atoms with Gasteiger partial charge in [0.05, 0.1) is 33.9 Å². The van der Waals surface area contributed by atoms with Gasteiger partial charge in [-0.25, -0.2) is 9.37 Å². The van der Waals surface area contributed by atoms with E-state index in [1.165, 1.54) is 12.1 Å². The number of hydrogen-bond acceptors (Lipinski definition) is 8. The second-order valence-corrected chi connectivity index (χ2v) is 10.1. The van der Waals surface area contributed by atoms with Crippen LogP contribution in [0.4, 0.5) is 4.39 Å². The summed E-state index contributed by atoms with van der Waals surface area (Å²) in [4.78, 5) is 9.52. The third-order valence-electron chi connectivity index (χ3n) is 5.51. The lowest BCUT2D eigenvalue weighted by atomic mass is 10.1. The van der Waals surface area contributed by atoms with Crippen LogP contribution in [0.25, 0.3) is 11.3 Å². The van der Waals surface area contributed by atoms with Gasteiger partial charge in [0.1, 0.15) is 11.5 Å².